The van der Waals surface area contributed by atoms with Gasteiger partial charge in [0, 0.05) is 5.56 Å². The van der Waals surface area contributed by atoms with Crippen LogP contribution in [0, 0.1) is 0 Å². The van der Waals surface area contributed by atoms with Crippen LogP contribution in [-0.2, 0) is 0 Å². The largest absolute Gasteiger partial charge is 1.00 e. The number of hydrogen-bond donors (Lipinski definition) is 1. The highest BCUT2D eigenvalue weighted by Crippen LogP contribution is 2.05. The van der Waals surface area contributed by atoms with Gasteiger partial charge >= 0.3 is 0 Å². The second-order valence-corrected chi connectivity index (χ2v) is 4.72. The summed E-state index contributed by atoms with van der Waals surface area (Å²) >= 11 is 0. The van der Waals surface area contributed by atoms with E-state index in [-0.39, 0.29) is 29.8 Å². The zero-order chi connectivity index (χ0) is 11.5. The first-order chi connectivity index (χ1) is 6.90. The number of aliphatic hydroxyl groups excluding tert-OH is 1. The topological polar surface area (TPSA) is 37.3 Å². The van der Waals surface area contributed by atoms with Crippen molar-refractivity contribution in [3.8, 4) is 0 Å². The number of ketones is 1. The summed E-state index contributed by atoms with van der Waals surface area (Å²) in [6, 6.07) is 8.89. The number of halogens is 1. The number of hydrogen-bond acceptors (Lipinski definition) is 2. The van der Waals surface area contributed by atoms with Crippen LogP contribution in [0.4, 0.5) is 0 Å². The normalized spacial score (nSPS) is 12.8. The number of carbonyl (C=O) groups excluding carboxylic acids is 1. The van der Waals surface area contributed by atoms with Crippen LogP contribution in [0.2, 0.25) is 0 Å². The van der Waals surface area contributed by atoms with Gasteiger partial charge in [0.25, 0.3) is 0 Å². The Morgan fingerprint density at radius 1 is 1.25 bits per heavy atom. The Balaban J connectivity index is 0.00000225. The molecule has 0 bridgehead atoms. The van der Waals surface area contributed by atoms with E-state index in [2.05, 4.69) is 0 Å². The highest BCUT2D eigenvalue weighted by Gasteiger charge is 2.23. The lowest BCUT2D eigenvalue weighted by Crippen LogP contribution is -3.00. The van der Waals surface area contributed by atoms with Gasteiger partial charge in [0.05, 0.1) is 21.1 Å². The van der Waals surface area contributed by atoms with Gasteiger partial charge in [0.1, 0.15) is 6.54 Å². The van der Waals surface area contributed by atoms with Crippen molar-refractivity contribution in [3.05, 3.63) is 35.9 Å². The number of quaternary nitrogens is 1. The number of carbonyl (C=O) groups is 1. The van der Waals surface area contributed by atoms with Crippen LogP contribution < -0.4 is 24.0 Å². The molecule has 3 nitrogen and oxygen atoms in total. The molecule has 0 heterocycles. The molecule has 0 aliphatic heterocycles. The van der Waals surface area contributed by atoms with Crippen LogP contribution in [-0.4, -0.2) is 49.2 Å². The summed E-state index contributed by atoms with van der Waals surface area (Å²) in [6.07, 6.45) is -0.924. The van der Waals surface area contributed by atoms with Gasteiger partial charge in [-0.2, -0.15) is 0 Å². The minimum Gasteiger partial charge on any atom is -1.00 e. The molecule has 1 aromatic rings. The Bertz CT molecular complexity index is 333. The third kappa shape index (κ3) is 5.05. The van der Waals surface area contributed by atoms with Crippen LogP contribution >= 0.6 is 0 Å². The SMILES string of the molecule is C[N+](C)(C)CC(O)C(=O)c1ccccc1.[I-]. The molecule has 0 spiro atoms. The zero-order valence-electron chi connectivity index (χ0n) is 9.85. The van der Waals surface area contributed by atoms with Gasteiger partial charge in [-0.05, 0) is 0 Å². The van der Waals surface area contributed by atoms with E-state index in [1.165, 1.54) is 0 Å². The standard InChI is InChI=1S/C12H18NO2.HI/c1-13(2,3)9-11(14)12(15)10-7-5-4-6-8-10;/h4-8,11,14H,9H2,1-3H3;1H/q+1;/p-1. The average Bonchev–Trinajstić information content (AvgIpc) is 2.15. The van der Waals surface area contributed by atoms with Crippen molar-refractivity contribution >= 4 is 5.78 Å². The third-order valence-corrected chi connectivity index (χ3v) is 2.08. The summed E-state index contributed by atoms with van der Waals surface area (Å²) in [6.45, 7) is 0.424. The van der Waals surface area contributed by atoms with Gasteiger partial charge in [-0.25, -0.2) is 0 Å². The Kier molecular flexibility index (Phi) is 6.14. The second kappa shape index (κ2) is 6.32. The van der Waals surface area contributed by atoms with Gasteiger partial charge in [-0.15, -0.1) is 0 Å². The van der Waals surface area contributed by atoms with E-state index in [0.717, 1.165) is 0 Å². The molecule has 0 aromatic heterocycles. The van der Waals surface area contributed by atoms with Crippen molar-refractivity contribution < 1.29 is 38.4 Å². The van der Waals surface area contributed by atoms with E-state index >= 15 is 0 Å². The first-order valence-corrected chi connectivity index (χ1v) is 4.98. The van der Waals surface area contributed by atoms with Crippen LogP contribution in [0.5, 0.6) is 0 Å². The number of aliphatic hydroxyl groups is 1. The van der Waals surface area contributed by atoms with E-state index in [4.69, 9.17) is 0 Å². The fraction of sp³-hybridized carbons (Fsp3) is 0.417. The van der Waals surface area contributed by atoms with Crippen LogP contribution in [0.25, 0.3) is 0 Å². The quantitative estimate of drug-likeness (QED) is 0.390. The molecule has 0 saturated carbocycles. The summed E-state index contributed by atoms with van der Waals surface area (Å²) in [5.74, 6) is -0.205. The highest BCUT2D eigenvalue weighted by atomic mass is 127. The van der Waals surface area contributed by atoms with Gasteiger partial charge in [0.15, 0.2) is 11.9 Å². The maximum Gasteiger partial charge on any atom is 0.197 e. The van der Waals surface area contributed by atoms with Crippen molar-refractivity contribution in [1.29, 1.82) is 0 Å². The van der Waals surface area contributed by atoms with Crippen LogP contribution in [0.1, 0.15) is 10.4 Å². The smallest absolute Gasteiger partial charge is 0.197 e. The molecule has 0 radical (unpaired) electrons. The Hall–Kier alpha value is -0.460. The number of rotatable bonds is 4. The van der Waals surface area contributed by atoms with Crippen LogP contribution in [0.3, 0.4) is 0 Å². The Labute approximate surface area is 114 Å². The monoisotopic (exact) mass is 335 g/mol. The second-order valence-electron chi connectivity index (χ2n) is 4.72. The number of Topliss-reactive ketones (excluding diaryl/α,β-unsaturated/α-hetero) is 1. The Morgan fingerprint density at radius 3 is 2.19 bits per heavy atom. The maximum absolute atomic E-state index is 11.8. The van der Waals surface area contributed by atoms with E-state index in [1.54, 1.807) is 24.3 Å². The predicted molar refractivity (Wildman–Crippen MR) is 59.7 cm³/mol. The number of benzene rings is 1. The van der Waals surface area contributed by atoms with Crippen LogP contribution in [0.15, 0.2) is 30.3 Å². The molecule has 0 amide bonds. The fourth-order valence-corrected chi connectivity index (χ4v) is 1.40. The Morgan fingerprint density at radius 2 is 1.75 bits per heavy atom. The molecule has 1 atom stereocenters. The molecule has 1 aromatic carbocycles. The molecule has 16 heavy (non-hydrogen) atoms. The number of nitrogens with zero attached hydrogens (tertiary/aromatic N) is 1. The number of likely N-dealkylation sites (N-methyl/N-ethyl adjacent to an activating group) is 1. The van der Waals surface area contributed by atoms with E-state index in [9.17, 15) is 9.90 Å². The molecule has 4 heteroatoms. The van der Waals surface area contributed by atoms with E-state index in [0.29, 0.717) is 16.6 Å². The molecular formula is C12H18INO2. The predicted octanol–water partition coefficient (Wildman–Crippen LogP) is -2.06. The molecule has 1 N–H and O–H groups in total. The molecule has 90 valence electrons. The molecule has 0 aliphatic rings. The highest BCUT2D eigenvalue weighted by molar-refractivity contribution is 5.99. The maximum atomic E-state index is 11.8. The summed E-state index contributed by atoms with van der Waals surface area (Å²) in [5, 5.41) is 9.74. The van der Waals surface area contributed by atoms with Crippen molar-refractivity contribution in [3.63, 3.8) is 0 Å². The molecule has 0 fully saturated rings. The molecule has 1 unspecified atom stereocenters. The van der Waals surface area contributed by atoms with Gasteiger partial charge in [0.2, 0.25) is 0 Å². The molecule has 0 aliphatic carbocycles. The summed E-state index contributed by atoms with van der Waals surface area (Å²) < 4.78 is 0.569. The van der Waals surface area contributed by atoms with E-state index in [1.807, 2.05) is 27.2 Å². The van der Waals surface area contributed by atoms with Crippen molar-refractivity contribution in [2.24, 2.45) is 0 Å². The van der Waals surface area contributed by atoms with Gasteiger partial charge < -0.3 is 33.6 Å². The first kappa shape index (κ1) is 15.5. The third-order valence-electron chi connectivity index (χ3n) is 2.08. The summed E-state index contributed by atoms with van der Waals surface area (Å²) in [5.41, 5.74) is 0.568. The van der Waals surface area contributed by atoms with Crippen molar-refractivity contribution in [2.75, 3.05) is 27.7 Å². The molecular weight excluding hydrogens is 317 g/mol. The minimum absolute atomic E-state index is 0. The first-order valence-electron chi connectivity index (χ1n) is 4.98. The lowest BCUT2D eigenvalue weighted by atomic mass is 10.1. The van der Waals surface area contributed by atoms with Crippen molar-refractivity contribution in [2.45, 2.75) is 6.10 Å². The zero-order valence-corrected chi connectivity index (χ0v) is 12.0. The lowest BCUT2D eigenvalue weighted by molar-refractivity contribution is -0.872. The van der Waals surface area contributed by atoms with Gasteiger partial charge in [-0.1, -0.05) is 30.3 Å². The van der Waals surface area contributed by atoms with E-state index < -0.39 is 6.10 Å². The fourth-order valence-electron chi connectivity index (χ4n) is 1.40. The summed E-state index contributed by atoms with van der Waals surface area (Å²) in [4.78, 5) is 11.8. The van der Waals surface area contributed by atoms with Gasteiger partial charge in [-0.3, -0.25) is 4.79 Å². The molecule has 1 rings (SSSR count). The lowest BCUT2D eigenvalue weighted by Gasteiger charge is -2.26. The molecule has 0 saturated heterocycles. The average molecular weight is 335 g/mol. The minimum atomic E-state index is -0.924. The summed E-state index contributed by atoms with van der Waals surface area (Å²) in [7, 11) is 5.84. The van der Waals surface area contributed by atoms with Crippen molar-refractivity contribution in [1.82, 2.24) is 0 Å².